The molecule has 0 saturated carbocycles. The van der Waals surface area contributed by atoms with Gasteiger partial charge in [0.1, 0.15) is 0 Å². The number of hydrogen-bond acceptors (Lipinski definition) is 3. The minimum atomic E-state index is 0.0357. The highest BCUT2D eigenvalue weighted by Crippen LogP contribution is 2.26. The van der Waals surface area contributed by atoms with Gasteiger partial charge < -0.3 is 0 Å². The Morgan fingerprint density at radius 2 is 1.64 bits per heavy atom. The van der Waals surface area contributed by atoms with Crippen LogP contribution in [0.4, 0.5) is 0 Å². The third kappa shape index (κ3) is 2.94. The molecule has 0 saturated heterocycles. The maximum Gasteiger partial charge on any atom is 0.262 e. The van der Waals surface area contributed by atoms with E-state index in [1.54, 1.807) is 16.3 Å². The van der Waals surface area contributed by atoms with Crippen molar-refractivity contribution in [1.82, 2.24) is 9.55 Å². The summed E-state index contributed by atoms with van der Waals surface area (Å²) in [5.41, 5.74) is 2.05. The Bertz CT molecular complexity index is 1110. The predicted molar refractivity (Wildman–Crippen MR) is 105 cm³/mol. The molecule has 0 unspecified atom stereocenters. The van der Waals surface area contributed by atoms with E-state index in [2.05, 4.69) is 42.5 Å². The first-order valence-corrected chi connectivity index (χ1v) is 9.35. The normalized spacial score (nSPS) is 11.2. The predicted octanol–water partition coefficient (Wildman–Crippen LogP) is 4.86. The minimum absolute atomic E-state index is 0.0357. The van der Waals surface area contributed by atoms with Gasteiger partial charge in [0.15, 0.2) is 5.16 Å². The number of benzene rings is 3. The van der Waals surface area contributed by atoms with Gasteiger partial charge in [0, 0.05) is 12.3 Å². The fourth-order valence-electron chi connectivity index (χ4n) is 3.10. The number of rotatable bonds is 4. The number of aromatic nitrogens is 2. The lowest BCUT2D eigenvalue weighted by Crippen LogP contribution is -2.22. The molecule has 3 aromatic carbocycles. The van der Waals surface area contributed by atoms with E-state index < -0.39 is 0 Å². The van der Waals surface area contributed by atoms with Crippen LogP contribution in [0.15, 0.2) is 76.7 Å². The molecular formula is C21H18N2OS. The van der Waals surface area contributed by atoms with E-state index in [0.717, 1.165) is 16.4 Å². The minimum Gasteiger partial charge on any atom is -0.287 e. The summed E-state index contributed by atoms with van der Waals surface area (Å²) >= 11 is 1.62. The number of thioether (sulfide) groups is 1. The Kier molecular flexibility index (Phi) is 4.28. The Morgan fingerprint density at radius 3 is 2.48 bits per heavy atom. The summed E-state index contributed by atoms with van der Waals surface area (Å²) in [7, 11) is 0. The van der Waals surface area contributed by atoms with Gasteiger partial charge >= 0.3 is 0 Å². The number of fused-ring (bicyclic) bond motifs is 2. The van der Waals surface area contributed by atoms with E-state index in [1.807, 2.05) is 31.2 Å². The fraction of sp³-hybridized carbons (Fsp3) is 0.143. The lowest BCUT2D eigenvalue weighted by molar-refractivity contribution is 0.634. The van der Waals surface area contributed by atoms with Gasteiger partial charge in [-0.1, -0.05) is 66.4 Å². The highest BCUT2D eigenvalue weighted by atomic mass is 32.2. The molecule has 4 aromatic rings. The smallest absolute Gasteiger partial charge is 0.262 e. The SMILES string of the molecule is CCn1c(SCc2cccc3ccccc23)nc2ccccc2c1=O. The van der Waals surface area contributed by atoms with Crippen LogP contribution in [0.5, 0.6) is 0 Å². The Balaban J connectivity index is 1.74. The molecule has 1 aromatic heterocycles. The van der Waals surface area contributed by atoms with Crippen molar-refractivity contribution in [2.24, 2.45) is 0 Å². The molecule has 4 rings (SSSR count). The summed E-state index contributed by atoms with van der Waals surface area (Å²) in [4.78, 5) is 17.4. The standard InChI is InChI=1S/C21H18N2OS/c1-2-23-20(24)18-12-5-6-13-19(18)22-21(23)25-14-16-10-7-9-15-8-3-4-11-17(15)16/h3-13H,2,14H2,1H3. The topological polar surface area (TPSA) is 34.9 Å². The molecule has 4 heteroatoms. The molecule has 0 aliphatic heterocycles. The summed E-state index contributed by atoms with van der Waals surface area (Å²) in [5, 5.41) is 3.95. The monoisotopic (exact) mass is 346 g/mol. The van der Waals surface area contributed by atoms with Crippen molar-refractivity contribution >= 4 is 33.4 Å². The van der Waals surface area contributed by atoms with E-state index in [9.17, 15) is 4.79 Å². The van der Waals surface area contributed by atoms with Crippen LogP contribution >= 0.6 is 11.8 Å². The van der Waals surface area contributed by atoms with Gasteiger partial charge in [-0.05, 0) is 35.4 Å². The molecule has 0 aliphatic carbocycles. The van der Waals surface area contributed by atoms with Gasteiger partial charge in [-0.25, -0.2) is 4.98 Å². The molecule has 0 radical (unpaired) electrons. The van der Waals surface area contributed by atoms with E-state index in [4.69, 9.17) is 4.98 Å². The van der Waals surface area contributed by atoms with Crippen LogP contribution in [0.2, 0.25) is 0 Å². The maximum atomic E-state index is 12.7. The molecule has 0 spiro atoms. The van der Waals surface area contributed by atoms with Crippen LogP contribution < -0.4 is 5.56 Å². The first-order valence-electron chi connectivity index (χ1n) is 8.37. The number of nitrogens with zero attached hydrogens (tertiary/aromatic N) is 2. The summed E-state index contributed by atoms with van der Waals surface area (Å²) in [6.07, 6.45) is 0. The summed E-state index contributed by atoms with van der Waals surface area (Å²) in [5.74, 6) is 0.784. The maximum absolute atomic E-state index is 12.7. The van der Waals surface area contributed by atoms with Gasteiger partial charge in [0.25, 0.3) is 5.56 Å². The molecule has 25 heavy (non-hydrogen) atoms. The highest BCUT2D eigenvalue weighted by Gasteiger charge is 2.11. The largest absolute Gasteiger partial charge is 0.287 e. The molecule has 3 nitrogen and oxygen atoms in total. The first kappa shape index (κ1) is 15.9. The summed E-state index contributed by atoms with van der Waals surface area (Å²) in [6.45, 7) is 2.61. The van der Waals surface area contributed by atoms with Gasteiger partial charge in [0.05, 0.1) is 10.9 Å². The van der Waals surface area contributed by atoms with Crippen molar-refractivity contribution in [2.75, 3.05) is 0 Å². The van der Waals surface area contributed by atoms with Crippen molar-refractivity contribution in [1.29, 1.82) is 0 Å². The highest BCUT2D eigenvalue weighted by molar-refractivity contribution is 7.98. The molecule has 1 heterocycles. The van der Waals surface area contributed by atoms with Gasteiger partial charge in [-0.15, -0.1) is 0 Å². The molecule has 0 amide bonds. The van der Waals surface area contributed by atoms with E-state index in [0.29, 0.717) is 11.9 Å². The lowest BCUT2D eigenvalue weighted by Gasteiger charge is -2.12. The molecule has 0 bridgehead atoms. The Labute approximate surface area is 150 Å². The average Bonchev–Trinajstić information content (AvgIpc) is 2.66. The second-order valence-electron chi connectivity index (χ2n) is 5.89. The zero-order valence-corrected chi connectivity index (χ0v) is 14.8. The Hall–Kier alpha value is -2.59. The van der Waals surface area contributed by atoms with Crippen molar-refractivity contribution in [2.45, 2.75) is 24.4 Å². The first-order chi connectivity index (χ1) is 12.3. The lowest BCUT2D eigenvalue weighted by atomic mass is 10.1. The van der Waals surface area contributed by atoms with Crippen molar-refractivity contribution in [3.8, 4) is 0 Å². The molecule has 0 fully saturated rings. The molecule has 124 valence electrons. The van der Waals surface area contributed by atoms with Gasteiger partial charge in [-0.2, -0.15) is 0 Å². The fourth-order valence-corrected chi connectivity index (χ4v) is 4.16. The third-order valence-electron chi connectivity index (χ3n) is 4.38. The van der Waals surface area contributed by atoms with Crippen LogP contribution in [0, 0.1) is 0 Å². The van der Waals surface area contributed by atoms with Gasteiger partial charge in [0.2, 0.25) is 0 Å². The second kappa shape index (κ2) is 6.73. The van der Waals surface area contributed by atoms with Crippen molar-refractivity contribution < 1.29 is 0 Å². The van der Waals surface area contributed by atoms with E-state index >= 15 is 0 Å². The second-order valence-corrected chi connectivity index (χ2v) is 6.83. The number of para-hydroxylation sites is 1. The van der Waals surface area contributed by atoms with Crippen LogP contribution in [0.1, 0.15) is 12.5 Å². The van der Waals surface area contributed by atoms with Crippen LogP contribution in [0.3, 0.4) is 0 Å². The quantitative estimate of drug-likeness (QED) is 0.391. The third-order valence-corrected chi connectivity index (χ3v) is 5.40. The number of hydrogen-bond donors (Lipinski definition) is 0. The van der Waals surface area contributed by atoms with Crippen LogP contribution in [-0.4, -0.2) is 9.55 Å². The molecule has 0 atom stereocenters. The van der Waals surface area contributed by atoms with E-state index in [1.165, 1.54) is 16.3 Å². The van der Waals surface area contributed by atoms with E-state index in [-0.39, 0.29) is 5.56 Å². The molecule has 0 N–H and O–H groups in total. The van der Waals surface area contributed by atoms with Crippen LogP contribution in [-0.2, 0) is 12.3 Å². The van der Waals surface area contributed by atoms with Crippen LogP contribution in [0.25, 0.3) is 21.7 Å². The van der Waals surface area contributed by atoms with Crippen molar-refractivity contribution in [3.63, 3.8) is 0 Å². The summed E-state index contributed by atoms with van der Waals surface area (Å²) < 4.78 is 1.76. The zero-order valence-electron chi connectivity index (χ0n) is 14.0. The average molecular weight is 346 g/mol. The summed E-state index contributed by atoms with van der Waals surface area (Å²) in [6, 6.07) is 22.3. The Morgan fingerprint density at radius 1 is 0.920 bits per heavy atom. The van der Waals surface area contributed by atoms with Crippen molar-refractivity contribution in [3.05, 3.63) is 82.6 Å². The molecule has 0 aliphatic rings. The zero-order chi connectivity index (χ0) is 17.2. The molecular weight excluding hydrogens is 328 g/mol. The van der Waals surface area contributed by atoms with Gasteiger partial charge in [-0.3, -0.25) is 9.36 Å².